The predicted octanol–water partition coefficient (Wildman–Crippen LogP) is 1.77. The van der Waals surface area contributed by atoms with Crippen molar-refractivity contribution in [3.8, 4) is 0 Å². The number of aliphatic imine (C=N–C) groups is 1. The average molecular weight is 376 g/mol. The average Bonchev–Trinajstić information content (AvgIpc) is 3.13. The van der Waals surface area contributed by atoms with Crippen molar-refractivity contribution < 1.29 is 0 Å². The molecule has 2 rings (SSSR count). The molecule has 26 heavy (non-hydrogen) atoms. The highest BCUT2D eigenvalue weighted by Gasteiger charge is 2.03. The Morgan fingerprint density at radius 3 is 2.92 bits per heavy atom. The van der Waals surface area contributed by atoms with Crippen LogP contribution in [0.4, 0.5) is 0 Å². The minimum absolute atomic E-state index is 0.781. The fraction of sp³-hybridized carbons (Fsp3) is 0.556. The van der Waals surface area contributed by atoms with Gasteiger partial charge in [-0.15, -0.1) is 10.2 Å². The van der Waals surface area contributed by atoms with Crippen molar-refractivity contribution in [2.75, 3.05) is 31.6 Å². The Morgan fingerprint density at radius 1 is 1.27 bits per heavy atom. The van der Waals surface area contributed by atoms with Crippen LogP contribution in [0.3, 0.4) is 0 Å². The largest absolute Gasteiger partial charge is 0.356 e. The summed E-state index contributed by atoms with van der Waals surface area (Å²) in [6.07, 6.45) is 8.58. The number of hydrogen-bond acceptors (Lipinski definition) is 5. The van der Waals surface area contributed by atoms with Crippen LogP contribution in [0.5, 0.6) is 0 Å². The van der Waals surface area contributed by atoms with Crippen LogP contribution in [0.2, 0.25) is 0 Å². The van der Waals surface area contributed by atoms with Crippen LogP contribution >= 0.6 is 11.8 Å². The molecule has 2 N–H and O–H groups in total. The van der Waals surface area contributed by atoms with Gasteiger partial charge in [-0.3, -0.25) is 9.98 Å². The number of aryl methyl sites for hydroxylation is 1. The second-order valence-corrected chi connectivity index (χ2v) is 6.78. The van der Waals surface area contributed by atoms with E-state index in [0.29, 0.717) is 0 Å². The molecule has 0 aliphatic heterocycles. The highest BCUT2D eigenvalue weighted by Crippen LogP contribution is 1.97. The van der Waals surface area contributed by atoms with E-state index in [1.54, 1.807) is 6.33 Å². The third kappa shape index (κ3) is 7.43. The maximum atomic E-state index is 4.67. The Kier molecular flexibility index (Phi) is 9.56. The summed E-state index contributed by atoms with van der Waals surface area (Å²) in [6, 6.07) is 6.00. The van der Waals surface area contributed by atoms with Gasteiger partial charge in [-0.05, 0) is 30.6 Å². The molecule has 2 aromatic rings. The second kappa shape index (κ2) is 12.3. The quantitative estimate of drug-likeness (QED) is 0.354. The van der Waals surface area contributed by atoms with Crippen molar-refractivity contribution >= 4 is 17.7 Å². The van der Waals surface area contributed by atoms with E-state index in [9.17, 15) is 0 Å². The number of guanidine groups is 1. The van der Waals surface area contributed by atoms with Crippen molar-refractivity contribution in [2.45, 2.75) is 32.7 Å². The molecule has 0 aliphatic carbocycles. The van der Waals surface area contributed by atoms with Crippen LogP contribution in [0.25, 0.3) is 0 Å². The van der Waals surface area contributed by atoms with E-state index in [0.717, 1.165) is 68.7 Å². The Labute approximate surface area is 160 Å². The number of nitrogens with one attached hydrogen (secondary N) is 2. The van der Waals surface area contributed by atoms with Crippen LogP contribution < -0.4 is 10.6 Å². The highest BCUT2D eigenvalue weighted by atomic mass is 32.2. The molecule has 0 fully saturated rings. The summed E-state index contributed by atoms with van der Waals surface area (Å²) < 4.78 is 2.08. The summed E-state index contributed by atoms with van der Waals surface area (Å²) in [6.45, 7) is 5.32. The third-order valence-electron chi connectivity index (χ3n) is 3.83. The first-order valence-corrected chi connectivity index (χ1v) is 10.5. The summed E-state index contributed by atoms with van der Waals surface area (Å²) in [5.41, 5.74) is 1.08. The van der Waals surface area contributed by atoms with Gasteiger partial charge in [0.05, 0.1) is 0 Å². The standard InChI is InChI=1S/C18H29N7S/c1-3-17-24-23-15-25(17)13-12-22-18(20-10-6-14-26-2)21-11-8-16-7-4-5-9-19-16/h4-5,7,9,15H,3,6,8,10-14H2,1-2H3,(H2,20,21,22). The maximum absolute atomic E-state index is 4.67. The van der Waals surface area contributed by atoms with Crippen molar-refractivity contribution in [1.82, 2.24) is 30.4 Å². The van der Waals surface area contributed by atoms with E-state index >= 15 is 0 Å². The van der Waals surface area contributed by atoms with Gasteiger partial charge in [-0.2, -0.15) is 11.8 Å². The summed E-state index contributed by atoms with van der Waals surface area (Å²) >= 11 is 1.85. The lowest BCUT2D eigenvalue weighted by Crippen LogP contribution is -2.40. The summed E-state index contributed by atoms with van der Waals surface area (Å²) in [4.78, 5) is 9.03. The van der Waals surface area contributed by atoms with E-state index in [-0.39, 0.29) is 0 Å². The number of aromatic nitrogens is 4. The van der Waals surface area contributed by atoms with Gasteiger partial charge in [-0.1, -0.05) is 13.0 Å². The molecule has 0 aromatic carbocycles. The molecule has 0 spiro atoms. The highest BCUT2D eigenvalue weighted by molar-refractivity contribution is 7.98. The Morgan fingerprint density at radius 2 is 2.15 bits per heavy atom. The molecule has 8 heteroatoms. The fourth-order valence-corrected chi connectivity index (χ4v) is 2.88. The number of pyridine rings is 1. The molecule has 0 amide bonds. The zero-order valence-corrected chi connectivity index (χ0v) is 16.5. The number of hydrogen-bond donors (Lipinski definition) is 2. The number of thioether (sulfide) groups is 1. The molecular weight excluding hydrogens is 346 g/mol. The second-order valence-electron chi connectivity index (χ2n) is 5.80. The van der Waals surface area contributed by atoms with Gasteiger partial charge in [0.1, 0.15) is 12.2 Å². The van der Waals surface area contributed by atoms with E-state index in [1.807, 2.05) is 36.2 Å². The van der Waals surface area contributed by atoms with E-state index in [1.165, 1.54) is 0 Å². The first-order chi connectivity index (χ1) is 12.8. The zero-order valence-electron chi connectivity index (χ0n) is 15.7. The van der Waals surface area contributed by atoms with Crippen LogP contribution in [-0.2, 0) is 19.4 Å². The van der Waals surface area contributed by atoms with Gasteiger partial charge in [0.15, 0.2) is 5.96 Å². The fourth-order valence-electron chi connectivity index (χ4n) is 2.46. The third-order valence-corrected chi connectivity index (χ3v) is 4.53. The Balaban J connectivity index is 1.80. The van der Waals surface area contributed by atoms with Crippen LogP contribution in [0, 0.1) is 0 Å². The molecule has 142 valence electrons. The van der Waals surface area contributed by atoms with Gasteiger partial charge in [0.2, 0.25) is 0 Å². The van der Waals surface area contributed by atoms with Crippen molar-refractivity contribution in [3.05, 3.63) is 42.2 Å². The Hall–Kier alpha value is -2.09. The lowest BCUT2D eigenvalue weighted by atomic mass is 10.3. The summed E-state index contributed by atoms with van der Waals surface area (Å²) in [7, 11) is 0. The van der Waals surface area contributed by atoms with Gasteiger partial charge < -0.3 is 15.2 Å². The lowest BCUT2D eigenvalue weighted by Gasteiger charge is -2.13. The minimum Gasteiger partial charge on any atom is -0.356 e. The first-order valence-electron chi connectivity index (χ1n) is 9.11. The molecule has 0 bridgehead atoms. The SMILES string of the molecule is CCc1nncn1CCNC(=NCCCSC)NCCc1ccccn1. The van der Waals surface area contributed by atoms with Crippen molar-refractivity contribution in [2.24, 2.45) is 4.99 Å². The van der Waals surface area contributed by atoms with Crippen molar-refractivity contribution in [1.29, 1.82) is 0 Å². The molecule has 2 heterocycles. The molecule has 7 nitrogen and oxygen atoms in total. The molecule has 0 radical (unpaired) electrons. The molecule has 0 atom stereocenters. The van der Waals surface area contributed by atoms with Gasteiger partial charge in [0, 0.05) is 50.9 Å². The molecule has 0 saturated heterocycles. The summed E-state index contributed by atoms with van der Waals surface area (Å²) in [5.74, 6) is 2.99. The first kappa shape index (κ1) is 20.2. The molecule has 0 saturated carbocycles. The number of nitrogens with zero attached hydrogens (tertiary/aromatic N) is 5. The van der Waals surface area contributed by atoms with E-state index in [2.05, 4.69) is 48.6 Å². The van der Waals surface area contributed by atoms with E-state index in [4.69, 9.17) is 0 Å². The monoisotopic (exact) mass is 375 g/mol. The molecular formula is C18H29N7S. The predicted molar refractivity (Wildman–Crippen MR) is 109 cm³/mol. The number of rotatable bonds is 11. The maximum Gasteiger partial charge on any atom is 0.191 e. The smallest absolute Gasteiger partial charge is 0.191 e. The Bertz CT molecular complexity index is 642. The zero-order chi connectivity index (χ0) is 18.5. The topological polar surface area (TPSA) is 80.0 Å². The van der Waals surface area contributed by atoms with E-state index < -0.39 is 0 Å². The normalized spacial score (nSPS) is 11.5. The van der Waals surface area contributed by atoms with Gasteiger partial charge in [0.25, 0.3) is 0 Å². The van der Waals surface area contributed by atoms with Gasteiger partial charge in [-0.25, -0.2) is 0 Å². The van der Waals surface area contributed by atoms with Crippen molar-refractivity contribution in [3.63, 3.8) is 0 Å². The molecule has 0 aliphatic rings. The van der Waals surface area contributed by atoms with Crippen LogP contribution in [0.15, 0.2) is 35.7 Å². The van der Waals surface area contributed by atoms with Gasteiger partial charge >= 0.3 is 0 Å². The van der Waals surface area contributed by atoms with Crippen LogP contribution in [0.1, 0.15) is 24.9 Å². The molecule has 0 unspecified atom stereocenters. The lowest BCUT2D eigenvalue weighted by molar-refractivity contribution is 0.631. The minimum atomic E-state index is 0.781. The molecule has 2 aromatic heterocycles. The van der Waals surface area contributed by atoms with Crippen LogP contribution in [-0.4, -0.2) is 57.4 Å². The summed E-state index contributed by atoms with van der Waals surface area (Å²) in [5, 5.41) is 14.9.